The summed E-state index contributed by atoms with van der Waals surface area (Å²) in [5, 5.41) is 3.90. The largest absolute Gasteiger partial charge is 0.301 e. The molecule has 2 aliphatic rings. The molecule has 1 N–H and O–H groups in total. The van der Waals surface area contributed by atoms with Crippen molar-refractivity contribution in [2.24, 2.45) is 0 Å². The van der Waals surface area contributed by atoms with Crippen molar-refractivity contribution < 1.29 is 0 Å². The lowest BCUT2D eigenvalue weighted by Crippen LogP contribution is -2.49. The quantitative estimate of drug-likeness (QED) is 0.837. The summed E-state index contributed by atoms with van der Waals surface area (Å²) in [4.78, 5) is 0. The SMILES string of the molecule is CC1(NC2c3ccccc3-c3ccccc32)CCC1. The zero-order valence-corrected chi connectivity index (χ0v) is 11.3. The molecule has 1 nitrogen and oxygen atoms in total. The maximum absolute atomic E-state index is 3.90. The number of rotatable bonds is 2. The van der Waals surface area contributed by atoms with E-state index in [9.17, 15) is 0 Å². The van der Waals surface area contributed by atoms with Crippen LogP contribution in [-0.2, 0) is 0 Å². The topological polar surface area (TPSA) is 12.0 Å². The summed E-state index contributed by atoms with van der Waals surface area (Å²) < 4.78 is 0. The molecule has 1 fully saturated rings. The van der Waals surface area contributed by atoms with Crippen molar-refractivity contribution in [1.82, 2.24) is 5.32 Å². The van der Waals surface area contributed by atoms with Crippen LogP contribution in [0.2, 0.25) is 0 Å². The molecule has 2 aliphatic carbocycles. The van der Waals surface area contributed by atoms with E-state index < -0.39 is 0 Å². The average molecular weight is 249 g/mol. The van der Waals surface area contributed by atoms with Crippen molar-refractivity contribution >= 4 is 0 Å². The molecule has 0 bridgehead atoms. The zero-order chi connectivity index (χ0) is 12.9. The highest BCUT2D eigenvalue weighted by Crippen LogP contribution is 2.45. The molecule has 0 saturated heterocycles. The number of fused-ring (bicyclic) bond motifs is 3. The van der Waals surface area contributed by atoms with Crippen molar-refractivity contribution in [2.45, 2.75) is 37.8 Å². The minimum Gasteiger partial charge on any atom is -0.301 e. The van der Waals surface area contributed by atoms with E-state index in [-0.39, 0.29) is 0 Å². The van der Waals surface area contributed by atoms with Crippen LogP contribution in [0, 0.1) is 0 Å². The zero-order valence-electron chi connectivity index (χ0n) is 11.3. The number of hydrogen-bond acceptors (Lipinski definition) is 1. The van der Waals surface area contributed by atoms with Gasteiger partial charge >= 0.3 is 0 Å². The molecule has 19 heavy (non-hydrogen) atoms. The second-order valence-electron chi connectivity index (χ2n) is 6.17. The molecular weight excluding hydrogens is 230 g/mol. The molecule has 2 aromatic carbocycles. The van der Waals surface area contributed by atoms with Crippen molar-refractivity contribution in [3.8, 4) is 11.1 Å². The Morgan fingerprint density at radius 1 is 0.895 bits per heavy atom. The van der Waals surface area contributed by atoms with Gasteiger partial charge in [0.15, 0.2) is 0 Å². The summed E-state index contributed by atoms with van der Waals surface area (Å²) in [5.41, 5.74) is 6.01. The highest BCUT2D eigenvalue weighted by Gasteiger charge is 2.37. The van der Waals surface area contributed by atoms with E-state index in [0.717, 1.165) is 0 Å². The monoisotopic (exact) mass is 249 g/mol. The van der Waals surface area contributed by atoms with Crippen LogP contribution in [0.1, 0.15) is 43.4 Å². The van der Waals surface area contributed by atoms with E-state index in [4.69, 9.17) is 0 Å². The third-order valence-electron chi connectivity index (χ3n) is 4.78. The highest BCUT2D eigenvalue weighted by molar-refractivity contribution is 5.78. The number of nitrogens with one attached hydrogen (secondary N) is 1. The first kappa shape index (κ1) is 11.2. The molecular formula is C18H19N. The fourth-order valence-corrected chi connectivity index (χ4v) is 3.51. The molecule has 0 amide bonds. The normalized spacial score (nSPS) is 19.6. The van der Waals surface area contributed by atoms with Crippen LogP contribution in [0.15, 0.2) is 48.5 Å². The van der Waals surface area contributed by atoms with Gasteiger partial charge in [-0.15, -0.1) is 0 Å². The molecule has 0 radical (unpaired) electrons. The molecule has 1 saturated carbocycles. The molecule has 0 aromatic heterocycles. The van der Waals surface area contributed by atoms with Gasteiger partial charge in [0.2, 0.25) is 0 Å². The summed E-state index contributed by atoms with van der Waals surface area (Å²) in [7, 11) is 0. The molecule has 4 rings (SSSR count). The summed E-state index contributed by atoms with van der Waals surface area (Å²) in [6.45, 7) is 2.36. The van der Waals surface area contributed by atoms with Gasteiger partial charge < -0.3 is 5.32 Å². The summed E-state index contributed by atoms with van der Waals surface area (Å²) in [6, 6.07) is 18.0. The Bertz CT molecular complexity index is 580. The van der Waals surface area contributed by atoms with E-state index in [1.807, 2.05) is 0 Å². The Labute approximate surface area is 114 Å². The lowest BCUT2D eigenvalue weighted by atomic mass is 9.77. The van der Waals surface area contributed by atoms with Crippen LogP contribution in [0.4, 0.5) is 0 Å². The van der Waals surface area contributed by atoms with Crippen LogP contribution >= 0.6 is 0 Å². The second-order valence-corrected chi connectivity index (χ2v) is 6.17. The van der Waals surface area contributed by atoms with Gasteiger partial charge in [-0.05, 0) is 48.4 Å². The standard InChI is InChI=1S/C18H19N/c1-18(11-6-12-18)19-17-15-9-4-2-7-13(15)14-8-3-5-10-16(14)17/h2-5,7-10,17,19H,6,11-12H2,1H3. The molecule has 0 heterocycles. The summed E-state index contributed by atoms with van der Waals surface area (Å²) in [6.07, 6.45) is 3.96. The molecule has 1 heteroatoms. The van der Waals surface area contributed by atoms with Crippen molar-refractivity contribution in [3.05, 3.63) is 59.7 Å². The van der Waals surface area contributed by atoms with Crippen LogP contribution in [0.5, 0.6) is 0 Å². The van der Waals surface area contributed by atoms with Gasteiger partial charge in [-0.2, -0.15) is 0 Å². The molecule has 0 aliphatic heterocycles. The second kappa shape index (κ2) is 3.94. The van der Waals surface area contributed by atoms with Crippen molar-refractivity contribution in [2.75, 3.05) is 0 Å². The predicted octanol–water partition coefficient (Wildman–Crippen LogP) is 4.29. The third-order valence-corrected chi connectivity index (χ3v) is 4.78. The summed E-state index contributed by atoms with van der Waals surface area (Å²) in [5.74, 6) is 0. The Kier molecular flexibility index (Phi) is 2.33. The van der Waals surface area contributed by atoms with Crippen molar-refractivity contribution in [1.29, 1.82) is 0 Å². The number of benzene rings is 2. The molecule has 96 valence electrons. The molecule has 0 unspecified atom stereocenters. The van der Waals surface area contributed by atoms with Crippen molar-refractivity contribution in [3.63, 3.8) is 0 Å². The van der Waals surface area contributed by atoms with Gasteiger partial charge in [0.1, 0.15) is 0 Å². The van der Waals surface area contributed by atoms with Crippen LogP contribution in [0.25, 0.3) is 11.1 Å². The third kappa shape index (κ3) is 1.65. The first-order valence-electron chi connectivity index (χ1n) is 7.23. The Morgan fingerprint density at radius 3 is 1.89 bits per heavy atom. The molecule has 0 spiro atoms. The first-order chi connectivity index (χ1) is 9.27. The smallest absolute Gasteiger partial charge is 0.0593 e. The minimum atomic E-state index is 0.329. The maximum Gasteiger partial charge on any atom is 0.0593 e. The highest BCUT2D eigenvalue weighted by atomic mass is 15.0. The Hall–Kier alpha value is -1.60. The predicted molar refractivity (Wildman–Crippen MR) is 79.1 cm³/mol. The van der Waals surface area contributed by atoms with E-state index in [1.54, 1.807) is 0 Å². The van der Waals surface area contributed by atoms with Gasteiger partial charge in [0.05, 0.1) is 6.04 Å². The van der Waals surface area contributed by atoms with E-state index in [2.05, 4.69) is 60.8 Å². The lowest BCUT2D eigenvalue weighted by molar-refractivity contribution is 0.195. The van der Waals surface area contributed by atoms with E-state index in [1.165, 1.54) is 41.5 Å². The first-order valence-corrected chi connectivity index (χ1v) is 7.23. The van der Waals surface area contributed by atoms with Gasteiger partial charge in [-0.3, -0.25) is 0 Å². The Balaban J connectivity index is 1.82. The van der Waals surface area contributed by atoms with Gasteiger partial charge in [0, 0.05) is 5.54 Å². The van der Waals surface area contributed by atoms with Gasteiger partial charge in [-0.25, -0.2) is 0 Å². The molecule has 2 aromatic rings. The van der Waals surface area contributed by atoms with Gasteiger partial charge in [0.25, 0.3) is 0 Å². The van der Waals surface area contributed by atoms with E-state index in [0.29, 0.717) is 11.6 Å². The van der Waals surface area contributed by atoms with Crippen LogP contribution < -0.4 is 5.32 Å². The fourth-order valence-electron chi connectivity index (χ4n) is 3.51. The summed E-state index contributed by atoms with van der Waals surface area (Å²) >= 11 is 0. The Morgan fingerprint density at radius 2 is 1.42 bits per heavy atom. The van der Waals surface area contributed by atoms with E-state index >= 15 is 0 Å². The fraction of sp³-hybridized carbons (Fsp3) is 0.333. The minimum absolute atomic E-state index is 0.329. The number of hydrogen-bond donors (Lipinski definition) is 1. The van der Waals surface area contributed by atoms with Crippen LogP contribution in [0.3, 0.4) is 0 Å². The molecule has 0 atom stereocenters. The van der Waals surface area contributed by atoms with Crippen LogP contribution in [-0.4, -0.2) is 5.54 Å². The average Bonchev–Trinajstić information content (AvgIpc) is 2.73. The lowest BCUT2D eigenvalue weighted by Gasteiger charge is -2.42. The van der Waals surface area contributed by atoms with Gasteiger partial charge in [-0.1, -0.05) is 48.5 Å². The maximum atomic E-state index is 3.90.